The van der Waals surface area contributed by atoms with Crippen molar-refractivity contribution in [1.82, 2.24) is 19.7 Å². The molecule has 3 aromatic rings. The lowest BCUT2D eigenvalue weighted by Crippen LogP contribution is -2.34. The number of carbonyl (C=O) groups is 1. The molecule has 0 saturated heterocycles. The Kier molecular flexibility index (Phi) is 6.05. The number of carbonyl (C=O) groups excluding carboxylic acids is 1. The van der Waals surface area contributed by atoms with Crippen molar-refractivity contribution >= 4 is 22.4 Å². The molecule has 0 unspecified atom stereocenters. The van der Waals surface area contributed by atoms with Crippen molar-refractivity contribution in [2.45, 2.75) is 6.54 Å². The van der Waals surface area contributed by atoms with Crippen LogP contribution in [0.5, 0.6) is 0 Å². The number of fused-ring (bicyclic) bond motifs is 2. The summed E-state index contributed by atoms with van der Waals surface area (Å²) in [5.74, 6) is -0.0529. The van der Waals surface area contributed by atoms with E-state index in [0.717, 1.165) is 27.8 Å². The number of nitrogens with one attached hydrogen (secondary N) is 1. The number of nitrogens with zero attached hydrogens (tertiary/aromatic N) is 4. The molecule has 0 bridgehead atoms. The number of aliphatic hydroxyl groups excluding tert-OH is 2. The van der Waals surface area contributed by atoms with E-state index in [-0.39, 0.29) is 19.0 Å². The maximum Gasteiger partial charge on any atom is 0.196 e. The molecule has 30 heavy (non-hydrogen) atoms. The highest BCUT2D eigenvalue weighted by Gasteiger charge is 2.31. The fraction of sp³-hybridized carbons (Fsp3) is 0.381. The van der Waals surface area contributed by atoms with E-state index < -0.39 is 0 Å². The zero-order chi connectivity index (χ0) is 21.1. The van der Waals surface area contributed by atoms with E-state index in [4.69, 9.17) is 10.8 Å². The second kappa shape index (κ2) is 8.88. The number of aliphatic hydroxyl groups is 2. The summed E-state index contributed by atoms with van der Waals surface area (Å²) in [5.41, 5.74) is 10.1. The lowest BCUT2D eigenvalue weighted by atomic mass is 9.87. The number of anilines is 1. The van der Waals surface area contributed by atoms with Gasteiger partial charge in [0.1, 0.15) is 5.69 Å². The smallest absolute Gasteiger partial charge is 0.196 e. The van der Waals surface area contributed by atoms with Crippen molar-refractivity contribution in [2.75, 3.05) is 51.3 Å². The van der Waals surface area contributed by atoms with Crippen molar-refractivity contribution in [3.8, 4) is 11.3 Å². The van der Waals surface area contributed by atoms with Crippen LogP contribution in [0.1, 0.15) is 15.9 Å². The third-order valence-corrected chi connectivity index (χ3v) is 5.38. The van der Waals surface area contributed by atoms with Crippen molar-refractivity contribution in [3.05, 3.63) is 41.7 Å². The molecule has 0 spiro atoms. The van der Waals surface area contributed by atoms with Crippen LogP contribution in [-0.2, 0) is 6.54 Å². The number of aromatic nitrogens is 3. The Morgan fingerprint density at radius 1 is 1.10 bits per heavy atom. The van der Waals surface area contributed by atoms with Gasteiger partial charge in [-0.1, -0.05) is 0 Å². The van der Waals surface area contributed by atoms with Gasteiger partial charge in [-0.2, -0.15) is 5.10 Å². The van der Waals surface area contributed by atoms with Crippen molar-refractivity contribution in [1.29, 1.82) is 0 Å². The quantitative estimate of drug-likeness (QED) is 0.294. The minimum atomic E-state index is -0.0529. The van der Waals surface area contributed by atoms with Gasteiger partial charge in [0, 0.05) is 67.3 Å². The van der Waals surface area contributed by atoms with Gasteiger partial charge in [0.05, 0.1) is 30.8 Å². The summed E-state index contributed by atoms with van der Waals surface area (Å²) < 4.78 is 1.84. The molecule has 1 aromatic carbocycles. The van der Waals surface area contributed by atoms with Gasteiger partial charge in [-0.25, -0.2) is 0 Å². The number of pyridine rings is 1. The summed E-state index contributed by atoms with van der Waals surface area (Å²) in [6.45, 7) is 3.25. The van der Waals surface area contributed by atoms with Crippen molar-refractivity contribution in [2.24, 2.45) is 5.73 Å². The Hall–Kier alpha value is -2.85. The summed E-state index contributed by atoms with van der Waals surface area (Å²) in [6.07, 6.45) is 3.31. The molecule has 158 valence electrons. The van der Waals surface area contributed by atoms with Crippen LogP contribution < -0.4 is 11.1 Å². The zero-order valence-corrected chi connectivity index (χ0v) is 16.7. The largest absolute Gasteiger partial charge is 0.395 e. The molecule has 1 aliphatic rings. The van der Waals surface area contributed by atoms with Crippen LogP contribution >= 0.6 is 0 Å². The minimum Gasteiger partial charge on any atom is -0.395 e. The Balaban J connectivity index is 1.72. The third kappa shape index (κ3) is 3.56. The first-order valence-electron chi connectivity index (χ1n) is 10.1. The Morgan fingerprint density at radius 3 is 2.63 bits per heavy atom. The number of hydrogen-bond acceptors (Lipinski definition) is 8. The molecule has 0 fully saturated rings. The molecule has 0 radical (unpaired) electrons. The average molecular weight is 410 g/mol. The van der Waals surface area contributed by atoms with Crippen LogP contribution in [0.25, 0.3) is 22.2 Å². The lowest BCUT2D eigenvalue weighted by molar-refractivity contribution is 0.104. The second-order valence-corrected chi connectivity index (χ2v) is 7.21. The molecule has 9 nitrogen and oxygen atoms in total. The van der Waals surface area contributed by atoms with E-state index in [2.05, 4.69) is 10.3 Å². The zero-order valence-electron chi connectivity index (χ0n) is 16.7. The number of nitrogens with two attached hydrogens (primary N) is 1. The van der Waals surface area contributed by atoms with E-state index in [1.165, 1.54) is 0 Å². The highest BCUT2D eigenvalue weighted by atomic mass is 16.3. The number of hydrogen-bond donors (Lipinski definition) is 4. The van der Waals surface area contributed by atoms with Gasteiger partial charge in [0.15, 0.2) is 5.78 Å². The maximum atomic E-state index is 13.4. The molecule has 2 aromatic heterocycles. The summed E-state index contributed by atoms with van der Waals surface area (Å²) in [6, 6.07) is 5.60. The van der Waals surface area contributed by atoms with Crippen molar-refractivity contribution < 1.29 is 15.0 Å². The highest BCUT2D eigenvalue weighted by molar-refractivity contribution is 6.27. The van der Waals surface area contributed by atoms with Gasteiger partial charge in [0.2, 0.25) is 0 Å². The first-order valence-corrected chi connectivity index (χ1v) is 10.1. The molecular formula is C21H26N6O3. The van der Waals surface area contributed by atoms with Crippen LogP contribution in [0.4, 0.5) is 5.69 Å². The Bertz CT molecular complexity index is 1060. The molecule has 2 heterocycles. The Morgan fingerprint density at radius 2 is 1.90 bits per heavy atom. The second-order valence-electron chi connectivity index (χ2n) is 7.21. The molecule has 5 N–H and O–H groups in total. The van der Waals surface area contributed by atoms with E-state index >= 15 is 0 Å². The molecule has 0 atom stereocenters. The predicted molar refractivity (Wildman–Crippen MR) is 115 cm³/mol. The van der Waals surface area contributed by atoms with Crippen LogP contribution in [-0.4, -0.2) is 81.6 Å². The van der Waals surface area contributed by atoms with Gasteiger partial charge in [-0.05, 0) is 18.2 Å². The van der Waals surface area contributed by atoms with E-state index in [9.17, 15) is 15.0 Å². The monoisotopic (exact) mass is 410 g/mol. The van der Waals surface area contributed by atoms with E-state index in [1.807, 2.05) is 21.7 Å². The molecule has 0 aliphatic heterocycles. The summed E-state index contributed by atoms with van der Waals surface area (Å²) in [5, 5.41) is 27.3. The topological polar surface area (TPSA) is 130 Å². The number of rotatable bonds is 10. The lowest BCUT2D eigenvalue weighted by Gasteiger charge is -2.22. The van der Waals surface area contributed by atoms with Gasteiger partial charge in [-0.15, -0.1) is 0 Å². The van der Waals surface area contributed by atoms with Crippen LogP contribution in [0.2, 0.25) is 0 Å². The summed E-state index contributed by atoms with van der Waals surface area (Å²) >= 11 is 0. The SMILES string of the molecule is NCCn1nc2c3c(c(NCCN(CCO)CCO)ccc31)C(=O)c1ccncc1-2. The van der Waals surface area contributed by atoms with Crippen molar-refractivity contribution in [3.63, 3.8) is 0 Å². The molecule has 4 rings (SSSR count). The summed E-state index contributed by atoms with van der Waals surface area (Å²) in [7, 11) is 0. The summed E-state index contributed by atoms with van der Waals surface area (Å²) in [4.78, 5) is 19.5. The van der Waals surface area contributed by atoms with Gasteiger partial charge in [-0.3, -0.25) is 19.4 Å². The first-order chi connectivity index (χ1) is 14.7. The molecule has 9 heteroatoms. The fourth-order valence-electron chi connectivity index (χ4n) is 4.02. The van der Waals surface area contributed by atoms with Crippen LogP contribution in [0, 0.1) is 0 Å². The predicted octanol–water partition coefficient (Wildman–Crippen LogP) is 0.300. The molecule has 0 saturated carbocycles. The minimum absolute atomic E-state index is 0.0319. The first kappa shape index (κ1) is 20.4. The van der Waals surface area contributed by atoms with E-state index in [1.54, 1.807) is 18.5 Å². The van der Waals surface area contributed by atoms with Gasteiger partial charge < -0.3 is 21.3 Å². The fourth-order valence-corrected chi connectivity index (χ4v) is 4.02. The van der Waals surface area contributed by atoms with Crippen LogP contribution in [0.3, 0.4) is 0 Å². The third-order valence-electron chi connectivity index (χ3n) is 5.38. The maximum absolute atomic E-state index is 13.4. The van der Waals surface area contributed by atoms with Gasteiger partial charge in [0.25, 0.3) is 0 Å². The highest BCUT2D eigenvalue weighted by Crippen LogP contribution is 2.41. The molecule has 0 amide bonds. The average Bonchev–Trinajstić information content (AvgIpc) is 3.12. The number of ketones is 1. The van der Waals surface area contributed by atoms with Crippen LogP contribution in [0.15, 0.2) is 30.6 Å². The Labute approximate surface area is 174 Å². The van der Waals surface area contributed by atoms with Gasteiger partial charge >= 0.3 is 0 Å². The normalized spacial score (nSPS) is 12.6. The molecular weight excluding hydrogens is 384 g/mol. The van der Waals surface area contributed by atoms with E-state index in [0.29, 0.717) is 50.4 Å². The number of benzene rings is 1. The standard InChI is InChI=1S/C21H26N6O3/c22-4-7-27-17-2-1-16(24-6-8-26(9-11-28)10-12-29)18-19(17)20(25-27)15-13-23-5-3-14(15)21(18)30/h1-3,5,13,24,28-29H,4,6-12,22H2. The molecule has 1 aliphatic carbocycles.